The fourth-order valence-electron chi connectivity index (χ4n) is 1.01. The van der Waals surface area contributed by atoms with Crippen LogP contribution >= 0.6 is 27.7 Å². The van der Waals surface area contributed by atoms with Crippen LogP contribution in [0.5, 0.6) is 0 Å². The highest BCUT2D eigenvalue weighted by atomic mass is 79.9. The minimum absolute atomic E-state index is 0.174. The van der Waals surface area contributed by atoms with Crippen LogP contribution in [0, 0.1) is 0 Å². The lowest BCUT2D eigenvalue weighted by molar-refractivity contribution is -0.109. The van der Waals surface area contributed by atoms with Gasteiger partial charge in [-0.1, -0.05) is 23.9 Å². The number of nitrogens with zero attached hydrogens (tertiary/aromatic N) is 1. The molecular weight excluding hydrogens is 274 g/mol. The van der Waals surface area contributed by atoms with Gasteiger partial charge in [-0.25, -0.2) is 0 Å². The van der Waals surface area contributed by atoms with Crippen molar-refractivity contribution in [2.45, 2.75) is 13.3 Å². The van der Waals surface area contributed by atoms with Crippen LogP contribution in [0.1, 0.15) is 18.9 Å². The highest BCUT2D eigenvalue weighted by molar-refractivity contribution is 9.10. The number of allylic oxidation sites excluding steroid dienone is 1. The van der Waals surface area contributed by atoms with Crippen molar-refractivity contribution in [3.05, 3.63) is 34.6 Å². The first-order valence-corrected chi connectivity index (χ1v) is 6.37. The third kappa shape index (κ3) is 5.74. The van der Waals surface area contributed by atoms with Crippen molar-refractivity contribution in [2.24, 2.45) is 0 Å². The minimum atomic E-state index is 0.174. The zero-order chi connectivity index (χ0) is 11.1. The van der Waals surface area contributed by atoms with Crippen molar-refractivity contribution in [3.63, 3.8) is 0 Å². The molecular formula is C11H12BrNOS. The van der Waals surface area contributed by atoms with E-state index in [4.69, 9.17) is 0 Å². The van der Waals surface area contributed by atoms with Crippen molar-refractivity contribution in [3.8, 4) is 0 Å². The fourth-order valence-corrected chi connectivity index (χ4v) is 1.93. The fraction of sp³-hybridized carbons (Fsp3) is 0.273. The molecule has 1 aromatic heterocycles. The predicted octanol–water partition coefficient (Wildman–Crippen LogP) is 3.53. The normalized spacial score (nSPS) is 10.8. The molecule has 0 fully saturated rings. The summed E-state index contributed by atoms with van der Waals surface area (Å²) in [5.41, 5.74) is 1.07. The third-order valence-electron chi connectivity index (χ3n) is 1.63. The van der Waals surface area contributed by atoms with Gasteiger partial charge in [-0.3, -0.25) is 9.78 Å². The zero-order valence-corrected chi connectivity index (χ0v) is 10.8. The monoisotopic (exact) mass is 285 g/mol. The third-order valence-corrected chi connectivity index (χ3v) is 2.91. The maximum Gasteiger partial charge on any atom is 0.185 e. The first kappa shape index (κ1) is 12.5. The molecule has 0 unspecified atom stereocenters. The molecule has 2 nitrogen and oxygen atoms in total. The number of pyridine rings is 1. The van der Waals surface area contributed by atoms with Gasteiger partial charge < -0.3 is 0 Å². The van der Waals surface area contributed by atoms with Gasteiger partial charge in [0.05, 0.1) is 0 Å². The van der Waals surface area contributed by atoms with Gasteiger partial charge in [0.25, 0.3) is 0 Å². The Morgan fingerprint density at radius 3 is 3.07 bits per heavy atom. The van der Waals surface area contributed by atoms with Crippen LogP contribution in [0.2, 0.25) is 0 Å². The molecule has 0 saturated carbocycles. The Kier molecular flexibility index (Phi) is 5.65. The summed E-state index contributed by atoms with van der Waals surface area (Å²) in [4.78, 5) is 14.7. The van der Waals surface area contributed by atoms with Crippen LogP contribution in [-0.2, 0) is 4.79 Å². The number of halogens is 1. The molecule has 0 atom stereocenters. The molecule has 0 bridgehead atoms. The Hall–Kier alpha value is -0.610. The van der Waals surface area contributed by atoms with E-state index in [2.05, 4.69) is 27.0 Å². The van der Waals surface area contributed by atoms with Crippen LogP contribution < -0.4 is 0 Å². The second-order valence-electron chi connectivity index (χ2n) is 2.97. The summed E-state index contributed by atoms with van der Waals surface area (Å²) in [7, 11) is 0. The van der Waals surface area contributed by atoms with Gasteiger partial charge in [0, 0.05) is 29.5 Å². The Morgan fingerprint density at radius 2 is 2.40 bits per heavy atom. The van der Waals surface area contributed by atoms with E-state index in [-0.39, 0.29) is 5.12 Å². The summed E-state index contributed by atoms with van der Waals surface area (Å²) in [6.45, 7) is 1.59. The largest absolute Gasteiger partial charge is 0.288 e. The van der Waals surface area contributed by atoms with Crippen molar-refractivity contribution in [1.29, 1.82) is 0 Å². The van der Waals surface area contributed by atoms with E-state index >= 15 is 0 Å². The summed E-state index contributed by atoms with van der Waals surface area (Å²) in [5, 5.41) is 0.174. The van der Waals surface area contributed by atoms with Crippen LogP contribution in [0.15, 0.2) is 29.0 Å². The first-order valence-electron chi connectivity index (χ1n) is 4.59. The second-order valence-corrected chi connectivity index (χ2v) is 5.16. The van der Waals surface area contributed by atoms with Gasteiger partial charge in [0.1, 0.15) is 0 Å². The number of hydrogen-bond acceptors (Lipinski definition) is 3. The van der Waals surface area contributed by atoms with E-state index in [1.165, 1.54) is 11.8 Å². The van der Waals surface area contributed by atoms with E-state index in [9.17, 15) is 4.79 Å². The molecule has 0 N–H and O–H groups in total. The van der Waals surface area contributed by atoms with Gasteiger partial charge in [-0.05, 0) is 34.0 Å². The van der Waals surface area contributed by atoms with Crippen LogP contribution in [0.25, 0.3) is 6.08 Å². The standard InChI is InChI=1S/C11H12BrNOS/c1-9(14)15-5-3-2-4-10-6-11(12)8-13-7-10/h2,4,6-8H,3,5H2,1H3. The molecule has 0 spiro atoms. The SMILES string of the molecule is CC(=O)SCCC=Cc1cncc(Br)c1. The highest BCUT2D eigenvalue weighted by Gasteiger charge is 1.92. The Balaban J connectivity index is 2.35. The van der Waals surface area contributed by atoms with Crippen LogP contribution in [-0.4, -0.2) is 15.9 Å². The summed E-state index contributed by atoms with van der Waals surface area (Å²) >= 11 is 4.71. The van der Waals surface area contributed by atoms with E-state index in [1.807, 2.05) is 12.1 Å². The summed E-state index contributed by atoms with van der Waals surface area (Å²) in [6, 6.07) is 2.00. The number of rotatable bonds is 4. The van der Waals surface area contributed by atoms with E-state index in [1.54, 1.807) is 19.3 Å². The van der Waals surface area contributed by atoms with Gasteiger partial charge in [0.2, 0.25) is 0 Å². The molecule has 1 aromatic rings. The molecule has 0 aliphatic carbocycles. The van der Waals surface area contributed by atoms with Crippen molar-refractivity contribution < 1.29 is 4.79 Å². The molecule has 15 heavy (non-hydrogen) atoms. The second kappa shape index (κ2) is 6.80. The van der Waals surface area contributed by atoms with E-state index in [0.717, 1.165) is 22.2 Å². The maximum atomic E-state index is 10.6. The lowest BCUT2D eigenvalue weighted by atomic mass is 10.2. The molecule has 0 amide bonds. The number of thioether (sulfide) groups is 1. The summed E-state index contributed by atoms with van der Waals surface area (Å²) in [5.74, 6) is 0.841. The van der Waals surface area contributed by atoms with Crippen molar-refractivity contribution in [1.82, 2.24) is 4.98 Å². The zero-order valence-electron chi connectivity index (χ0n) is 8.44. The Morgan fingerprint density at radius 1 is 1.60 bits per heavy atom. The van der Waals surface area contributed by atoms with Crippen molar-refractivity contribution >= 4 is 38.9 Å². The Bertz CT molecular complexity index is 365. The predicted molar refractivity (Wildman–Crippen MR) is 68.7 cm³/mol. The average Bonchev–Trinajstić information content (AvgIpc) is 2.17. The number of hydrogen-bond donors (Lipinski definition) is 0. The summed E-state index contributed by atoms with van der Waals surface area (Å²) in [6.07, 6.45) is 8.52. The molecule has 0 radical (unpaired) electrons. The van der Waals surface area contributed by atoms with Crippen LogP contribution in [0.3, 0.4) is 0 Å². The van der Waals surface area contributed by atoms with Gasteiger partial charge in [-0.2, -0.15) is 0 Å². The van der Waals surface area contributed by atoms with E-state index in [0.29, 0.717) is 0 Å². The maximum absolute atomic E-state index is 10.6. The molecule has 1 rings (SSSR count). The molecule has 0 aromatic carbocycles. The molecule has 80 valence electrons. The van der Waals surface area contributed by atoms with Crippen molar-refractivity contribution in [2.75, 3.05) is 5.75 Å². The van der Waals surface area contributed by atoms with Gasteiger partial charge in [-0.15, -0.1) is 0 Å². The minimum Gasteiger partial charge on any atom is -0.288 e. The number of aromatic nitrogens is 1. The molecule has 0 saturated heterocycles. The van der Waals surface area contributed by atoms with E-state index < -0.39 is 0 Å². The molecule has 0 aliphatic heterocycles. The molecule has 4 heteroatoms. The summed E-state index contributed by atoms with van der Waals surface area (Å²) < 4.78 is 0.975. The number of carbonyl (C=O) groups is 1. The molecule has 1 heterocycles. The average molecular weight is 286 g/mol. The molecule has 0 aliphatic rings. The van der Waals surface area contributed by atoms with Gasteiger partial charge in [0.15, 0.2) is 5.12 Å². The van der Waals surface area contributed by atoms with Crippen LogP contribution in [0.4, 0.5) is 0 Å². The highest BCUT2D eigenvalue weighted by Crippen LogP contribution is 2.11. The van der Waals surface area contributed by atoms with Gasteiger partial charge >= 0.3 is 0 Å². The number of carbonyl (C=O) groups excluding carboxylic acids is 1. The lowest BCUT2D eigenvalue weighted by Gasteiger charge is -1.94. The quantitative estimate of drug-likeness (QED) is 0.793. The smallest absolute Gasteiger partial charge is 0.185 e. The topological polar surface area (TPSA) is 30.0 Å². The first-order chi connectivity index (χ1) is 7.18. The lowest BCUT2D eigenvalue weighted by Crippen LogP contribution is -1.83. The Labute approximate surface area is 102 Å².